The minimum absolute atomic E-state index is 0.436. The van der Waals surface area contributed by atoms with Crippen molar-refractivity contribution >= 4 is 23.0 Å². The Morgan fingerprint density at radius 1 is 1.33 bits per heavy atom. The molecule has 0 amide bonds. The minimum atomic E-state index is 0.436. The van der Waals surface area contributed by atoms with E-state index >= 15 is 0 Å². The topological polar surface area (TPSA) is 54.6 Å². The Bertz CT molecular complexity index is 530. The van der Waals surface area contributed by atoms with Crippen LogP contribution in [0.4, 0.5) is 5.82 Å². The van der Waals surface area contributed by atoms with E-state index in [9.17, 15) is 0 Å². The average molecular weight is 306 g/mol. The van der Waals surface area contributed by atoms with Crippen LogP contribution < -0.4 is 10.6 Å². The Kier molecular flexibility index (Phi) is 4.37. The lowest BCUT2D eigenvalue weighted by atomic mass is 10.2. The summed E-state index contributed by atoms with van der Waals surface area (Å²) in [7, 11) is 0. The first-order chi connectivity index (χ1) is 10.1. The summed E-state index contributed by atoms with van der Waals surface area (Å²) < 4.78 is 5.43. The maximum Gasteiger partial charge on any atom is 0.129 e. The smallest absolute Gasteiger partial charge is 0.129 e. The van der Waals surface area contributed by atoms with Crippen molar-refractivity contribution in [3.63, 3.8) is 0 Å². The van der Waals surface area contributed by atoms with Gasteiger partial charge in [-0.1, -0.05) is 12.2 Å². The molecule has 3 rings (SSSR count). The van der Waals surface area contributed by atoms with E-state index in [0.717, 1.165) is 56.5 Å². The molecule has 2 N–H and O–H groups in total. The highest BCUT2D eigenvalue weighted by Crippen LogP contribution is 2.23. The Labute approximate surface area is 131 Å². The summed E-state index contributed by atoms with van der Waals surface area (Å²) in [4.78, 5) is 9.96. The summed E-state index contributed by atoms with van der Waals surface area (Å²) in [5.74, 6) is 0.994. The molecule has 6 heteroatoms. The molecule has 114 valence electrons. The third-order valence-electron chi connectivity index (χ3n) is 4.27. The Morgan fingerprint density at radius 2 is 2.10 bits per heavy atom. The van der Waals surface area contributed by atoms with Crippen LogP contribution in [0.2, 0.25) is 0 Å². The SMILES string of the molecule is Cc1cc(C(N)=S)cc(N2CCC(N3CCOCC3)C2)n1. The first kappa shape index (κ1) is 14.7. The fourth-order valence-electron chi connectivity index (χ4n) is 3.15. The third kappa shape index (κ3) is 3.33. The quantitative estimate of drug-likeness (QED) is 0.839. The van der Waals surface area contributed by atoms with Crippen LogP contribution in [0.15, 0.2) is 12.1 Å². The first-order valence-electron chi connectivity index (χ1n) is 7.49. The molecule has 1 unspecified atom stereocenters. The van der Waals surface area contributed by atoms with Gasteiger partial charge in [0, 0.05) is 43.5 Å². The fourth-order valence-corrected chi connectivity index (χ4v) is 3.26. The second-order valence-corrected chi connectivity index (χ2v) is 6.20. The van der Waals surface area contributed by atoms with Crippen molar-refractivity contribution in [1.82, 2.24) is 9.88 Å². The number of ether oxygens (including phenoxy) is 1. The van der Waals surface area contributed by atoms with Crippen LogP contribution in [-0.4, -0.2) is 60.3 Å². The number of pyridine rings is 1. The van der Waals surface area contributed by atoms with E-state index in [1.54, 1.807) is 0 Å². The summed E-state index contributed by atoms with van der Waals surface area (Å²) in [5.41, 5.74) is 7.63. The van der Waals surface area contributed by atoms with Gasteiger partial charge in [-0.25, -0.2) is 4.98 Å². The van der Waals surface area contributed by atoms with Gasteiger partial charge in [0.25, 0.3) is 0 Å². The van der Waals surface area contributed by atoms with E-state index in [0.29, 0.717) is 11.0 Å². The summed E-state index contributed by atoms with van der Waals surface area (Å²) in [6, 6.07) is 4.56. The molecule has 1 atom stereocenters. The zero-order valence-corrected chi connectivity index (χ0v) is 13.2. The molecular formula is C15H22N4OS. The van der Waals surface area contributed by atoms with Crippen LogP contribution >= 0.6 is 12.2 Å². The van der Waals surface area contributed by atoms with Crippen molar-refractivity contribution in [3.8, 4) is 0 Å². The zero-order chi connectivity index (χ0) is 14.8. The van der Waals surface area contributed by atoms with Crippen LogP contribution in [-0.2, 0) is 4.74 Å². The van der Waals surface area contributed by atoms with Crippen LogP contribution in [0.3, 0.4) is 0 Å². The molecule has 2 saturated heterocycles. The van der Waals surface area contributed by atoms with Gasteiger partial charge in [0.2, 0.25) is 0 Å². The van der Waals surface area contributed by atoms with Gasteiger partial charge >= 0.3 is 0 Å². The predicted molar refractivity (Wildman–Crippen MR) is 87.9 cm³/mol. The molecule has 0 aliphatic carbocycles. The maximum atomic E-state index is 5.76. The Balaban J connectivity index is 1.72. The van der Waals surface area contributed by atoms with Crippen LogP contribution in [0.5, 0.6) is 0 Å². The van der Waals surface area contributed by atoms with E-state index in [-0.39, 0.29) is 0 Å². The molecule has 3 heterocycles. The minimum Gasteiger partial charge on any atom is -0.389 e. The molecule has 1 aromatic rings. The summed E-state index contributed by atoms with van der Waals surface area (Å²) in [6.07, 6.45) is 1.18. The largest absolute Gasteiger partial charge is 0.389 e. The molecule has 2 fully saturated rings. The van der Waals surface area contributed by atoms with Crippen LogP contribution in [0, 0.1) is 6.92 Å². The van der Waals surface area contributed by atoms with Crippen molar-refractivity contribution in [1.29, 1.82) is 0 Å². The fraction of sp³-hybridized carbons (Fsp3) is 0.600. The van der Waals surface area contributed by atoms with Crippen LogP contribution in [0.1, 0.15) is 17.7 Å². The van der Waals surface area contributed by atoms with E-state index in [2.05, 4.69) is 14.8 Å². The molecule has 2 aliphatic rings. The van der Waals surface area contributed by atoms with Gasteiger partial charge in [0.15, 0.2) is 0 Å². The van der Waals surface area contributed by atoms with E-state index < -0.39 is 0 Å². The third-order valence-corrected chi connectivity index (χ3v) is 4.51. The van der Waals surface area contributed by atoms with E-state index in [4.69, 9.17) is 22.7 Å². The van der Waals surface area contributed by atoms with Gasteiger partial charge in [-0.05, 0) is 25.5 Å². The van der Waals surface area contributed by atoms with Gasteiger partial charge < -0.3 is 15.4 Å². The molecular weight excluding hydrogens is 284 g/mol. The second kappa shape index (κ2) is 6.25. The number of nitrogens with zero attached hydrogens (tertiary/aromatic N) is 3. The molecule has 0 radical (unpaired) electrons. The molecule has 0 saturated carbocycles. The van der Waals surface area contributed by atoms with Gasteiger partial charge in [-0.2, -0.15) is 0 Å². The molecule has 1 aromatic heterocycles. The first-order valence-corrected chi connectivity index (χ1v) is 7.89. The lowest BCUT2D eigenvalue weighted by Gasteiger charge is -2.32. The lowest BCUT2D eigenvalue weighted by Crippen LogP contribution is -2.44. The number of anilines is 1. The number of thiocarbonyl (C=S) groups is 1. The summed E-state index contributed by atoms with van der Waals surface area (Å²) >= 11 is 5.09. The number of hydrogen-bond donors (Lipinski definition) is 1. The highest BCUT2D eigenvalue weighted by atomic mass is 32.1. The number of aromatic nitrogens is 1. The van der Waals surface area contributed by atoms with Crippen molar-refractivity contribution in [3.05, 3.63) is 23.4 Å². The summed E-state index contributed by atoms with van der Waals surface area (Å²) in [6.45, 7) is 7.83. The number of aryl methyl sites for hydroxylation is 1. The molecule has 0 spiro atoms. The van der Waals surface area contributed by atoms with Crippen molar-refractivity contribution < 1.29 is 4.74 Å². The zero-order valence-electron chi connectivity index (χ0n) is 12.4. The van der Waals surface area contributed by atoms with Crippen LogP contribution in [0.25, 0.3) is 0 Å². The molecule has 5 nitrogen and oxygen atoms in total. The molecule has 2 aliphatic heterocycles. The van der Waals surface area contributed by atoms with E-state index in [1.807, 2.05) is 19.1 Å². The predicted octanol–water partition coefficient (Wildman–Crippen LogP) is 0.935. The van der Waals surface area contributed by atoms with Gasteiger partial charge in [-0.3, -0.25) is 4.90 Å². The van der Waals surface area contributed by atoms with Crippen molar-refractivity contribution in [2.45, 2.75) is 19.4 Å². The molecule has 0 aromatic carbocycles. The highest BCUT2D eigenvalue weighted by Gasteiger charge is 2.29. The molecule has 0 bridgehead atoms. The Morgan fingerprint density at radius 3 is 2.81 bits per heavy atom. The lowest BCUT2D eigenvalue weighted by molar-refractivity contribution is 0.0209. The monoisotopic (exact) mass is 306 g/mol. The standard InChI is InChI=1S/C15H22N4OS/c1-11-8-12(15(16)21)9-14(17-11)19-3-2-13(10-19)18-4-6-20-7-5-18/h8-9,13H,2-7,10H2,1H3,(H2,16,21). The maximum absolute atomic E-state index is 5.76. The Hall–Kier alpha value is -1.24. The van der Waals surface area contributed by atoms with E-state index in [1.165, 1.54) is 6.42 Å². The second-order valence-electron chi connectivity index (χ2n) is 5.76. The van der Waals surface area contributed by atoms with Gasteiger partial charge in [0.1, 0.15) is 10.8 Å². The average Bonchev–Trinajstić information content (AvgIpc) is 2.97. The number of nitrogens with two attached hydrogens (primary N) is 1. The molecule has 21 heavy (non-hydrogen) atoms. The number of morpholine rings is 1. The highest BCUT2D eigenvalue weighted by molar-refractivity contribution is 7.80. The normalized spacial score (nSPS) is 23.5. The van der Waals surface area contributed by atoms with Gasteiger partial charge in [-0.15, -0.1) is 0 Å². The number of rotatable bonds is 3. The van der Waals surface area contributed by atoms with Crippen molar-refractivity contribution in [2.24, 2.45) is 5.73 Å². The van der Waals surface area contributed by atoms with Crippen molar-refractivity contribution in [2.75, 3.05) is 44.3 Å². The number of hydrogen-bond acceptors (Lipinski definition) is 5. The summed E-state index contributed by atoms with van der Waals surface area (Å²) in [5, 5.41) is 0. The van der Waals surface area contributed by atoms with Gasteiger partial charge in [0.05, 0.1) is 13.2 Å².